The second kappa shape index (κ2) is 8.74. The Balaban J connectivity index is 1.62. The molecule has 1 fully saturated rings. The first-order valence-electron chi connectivity index (χ1n) is 10.0. The molecule has 28 heavy (non-hydrogen) atoms. The minimum Gasteiger partial charge on any atom is -0.342 e. The summed E-state index contributed by atoms with van der Waals surface area (Å²) in [5.74, 6) is 0.213. The predicted octanol–water partition coefficient (Wildman–Crippen LogP) is 5.18. The van der Waals surface area contributed by atoms with Crippen LogP contribution in [0.2, 0.25) is 0 Å². The van der Waals surface area contributed by atoms with Crippen molar-refractivity contribution >= 4 is 28.4 Å². The number of hydrogen-bond acceptors (Lipinski definition) is 4. The van der Waals surface area contributed by atoms with Gasteiger partial charge in [-0.25, -0.2) is 0 Å². The van der Waals surface area contributed by atoms with Gasteiger partial charge in [0.2, 0.25) is 5.91 Å². The molecule has 0 aliphatic carbocycles. The van der Waals surface area contributed by atoms with Crippen LogP contribution in [0.4, 0.5) is 0 Å². The van der Waals surface area contributed by atoms with Gasteiger partial charge in [0, 0.05) is 29.4 Å². The maximum atomic E-state index is 12.9. The van der Waals surface area contributed by atoms with E-state index in [1.165, 1.54) is 24.6 Å². The highest BCUT2D eigenvalue weighted by molar-refractivity contribution is 8.00. The van der Waals surface area contributed by atoms with Gasteiger partial charge in [0.05, 0.1) is 5.25 Å². The number of aromatic nitrogens is 2. The molecule has 4 nitrogen and oxygen atoms in total. The summed E-state index contributed by atoms with van der Waals surface area (Å²) in [4.78, 5) is 15.0. The molecule has 1 aromatic heterocycles. The number of nitrogens with zero attached hydrogens (tertiary/aromatic N) is 3. The Morgan fingerprint density at radius 2 is 1.54 bits per heavy atom. The van der Waals surface area contributed by atoms with Gasteiger partial charge in [-0.15, -0.1) is 10.2 Å². The molecule has 1 aliphatic heterocycles. The van der Waals surface area contributed by atoms with Crippen molar-refractivity contribution in [3.8, 4) is 11.3 Å². The van der Waals surface area contributed by atoms with Crippen molar-refractivity contribution in [1.82, 2.24) is 15.1 Å². The monoisotopic (exact) mass is 391 g/mol. The lowest BCUT2D eigenvalue weighted by Crippen LogP contribution is -2.37. The number of benzene rings is 2. The Bertz CT molecular complexity index is 952. The molecule has 5 heteroatoms. The zero-order chi connectivity index (χ0) is 19.3. The van der Waals surface area contributed by atoms with Crippen molar-refractivity contribution in [2.24, 2.45) is 0 Å². The Morgan fingerprint density at radius 3 is 2.25 bits per heavy atom. The molecule has 1 saturated heterocycles. The highest BCUT2D eigenvalue weighted by Gasteiger charge is 2.24. The van der Waals surface area contributed by atoms with Gasteiger partial charge in [-0.3, -0.25) is 4.79 Å². The smallest absolute Gasteiger partial charge is 0.235 e. The third-order valence-electron chi connectivity index (χ3n) is 5.25. The number of thioether (sulfide) groups is 1. The van der Waals surface area contributed by atoms with Crippen LogP contribution in [-0.4, -0.2) is 39.3 Å². The zero-order valence-electron chi connectivity index (χ0n) is 16.2. The molecular formula is C23H25N3OS. The van der Waals surface area contributed by atoms with Crippen molar-refractivity contribution in [1.29, 1.82) is 0 Å². The number of amides is 1. The zero-order valence-corrected chi connectivity index (χ0v) is 17.0. The Morgan fingerprint density at radius 1 is 0.893 bits per heavy atom. The van der Waals surface area contributed by atoms with E-state index in [0.717, 1.165) is 53.0 Å². The van der Waals surface area contributed by atoms with Gasteiger partial charge in [-0.1, -0.05) is 79.2 Å². The summed E-state index contributed by atoms with van der Waals surface area (Å²) in [6.45, 7) is 3.74. The van der Waals surface area contributed by atoms with Gasteiger partial charge in [0.1, 0.15) is 10.7 Å². The van der Waals surface area contributed by atoms with Crippen LogP contribution in [0.1, 0.15) is 32.6 Å². The Hall–Kier alpha value is -2.40. The van der Waals surface area contributed by atoms with Crippen LogP contribution in [0.15, 0.2) is 59.6 Å². The van der Waals surface area contributed by atoms with E-state index in [9.17, 15) is 4.79 Å². The summed E-state index contributed by atoms with van der Waals surface area (Å²) in [7, 11) is 0. The number of fused-ring (bicyclic) bond motifs is 1. The van der Waals surface area contributed by atoms with Gasteiger partial charge in [0.25, 0.3) is 0 Å². The Labute approximate surface area is 170 Å². The van der Waals surface area contributed by atoms with Gasteiger partial charge in [0.15, 0.2) is 0 Å². The van der Waals surface area contributed by atoms with Crippen molar-refractivity contribution in [3.05, 3.63) is 54.6 Å². The highest BCUT2D eigenvalue weighted by atomic mass is 32.2. The maximum Gasteiger partial charge on any atom is 0.235 e. The molecule has 0 N–H and O–H groups in total. The molecule has 3 aromatic rings. The van der Waals surface area contributed by atoms with Crippen LogP contribution in [0.25, 0.3) is 22.0 Å². The lowest BCUT2D eigenvalue weighted by molar-refractivity contribution is -0.130. The first-order valence-corrected chi connectivity index (χ1v) is 10.9. The molecule has 0 bridgehead atoms. The summed E-state index contributed by atoms with van der Waals surface area (Å²) in [6.07, 6.45) is 4.67. The highest BCUT2D eigenvalue weighted by Crippen LogP contribution is 2.33. The minimum absolute atomic E-state index is 0.168. The minimum atomic E-state index is -0.168. The number of rotatable bonds is 4. The molecule has 1 amide bonds. The number of carbonyl (C=O) groups is 1. The van der Waals surface area contributed by atoms with E-state index in [-0.39, 0.29) is 11.2 Å². The van der Waals surface area contributed by atoms with E-state index < -0.39 is 0 Å². The fourth-order valence-corrected chi connectivity index (χ4v) is 4.72. The number of likely N-dealkylation sites (tertiary alicyclic amines) is 1. The van der Waals surface area contributed by atoms with Crippen LogP contribution in [-0.2, 0) is 4.79 Å². The quantitative estimate of drug-likeness (QED) is 0.575. The molecular weight excluding hydrogens is 366 g/mol. The summed E-state index contributed by atoms with van der Waals surface area (Å²) >= 11 is 1.52. The molecule has 2 aromatic carbocycles. The van der Waals surface area contributed by atoms with Crippen molar-refractivity contribution < 1.29 is 4.79 Å². The van der Waals surface area contributed by atoms with E-state index in [0.29, 0.717) is 0 Å². The SMILES string of the molecule is C[C@@H](Sc1nnc(-c2ccccc2)c2ccccc12)C(=O)N1CCCCCC1. The fraction of sp³-hybridized carbons (Fsp3) is 0.348. The van der Waals surface area contributed by atoms with Crippen LogP contribution in [0, 0.1) is 0 Å². The number of carbonyl (C=O) groups excluding carboxylic acids is 1. The second-order valence-corrected chi connectivity index (χ2v) is 8.59. The van der Waals surface area contributed by atoms with Crippen molar-refractivity contribution in [2.75, 3.05) is 13.1 Å². The summed E-state index contributed by atoms with van der Waals surface area (Å²) in [6, 6.07) is 18.3. The van der Waals surface area contributed by atoms with E-state index in [1.807, 2.05) is 42.2 Å². The van der Waals surface area contributed by atoms with E-state index in [1.54, 1.807) is 0 Å². The first-order chi connectivity index (χ1) is 13.7. The Kier molecular flexibility index (Phi) is 5.91. The predicted molar refractivity (Wildman–Crippen MR) is 115 cm³/mol. The van der Waals surface area contributed by atoms with Crippen LogP contribution in [0.3, 0.4) is 0 Å². The van der Waals surface area contributed by atoms with Crippen LogP contribution in [0.5, 0.6) is 0 Å². The summed E-state index contributed by atoms with van der Waals surface area (Å²) < 4.78 is 0. The average molecular weight is 392 g/mol. The maximum absolute atomic E-state index is 12.9. The van der Waals surface area contributed by atoms with Gasteiger partial charge < -0.3 is 4.90 Å². The topological polar surface area (TPSA) is 46.1 Å². The molecule has 0 radical (unpaired) electrons. The fourth-order valence-electron chi connectivity index (χ4n) is 3.74. The molecule has 144 valence electrons. The average Bonchev–Trinajstić information content (AvgIpc) is 3.03. The standard InChI is InChI=1S/C23H25N3OS/c1-17(23(27)26-15-9-2-3-10-16-26)28-22-20-14-8-7-13-19(20)21(24-25-22)18-11-5-4-6-12-18/h4-8,11-14,17H,2-3,9-10,15-16H2,1H3/t17-/m1/s1. The molecule has 1 aliphatic rings. The lowest BCUT2D eigenvalue weighted by atomic mass is 10.1. The molecule has 0 saturated carbocycles. The van der Waals surface area contributed by atoms with Crippen molar-refractivity contribution in [3.63, 3.8) is 0 Å². The third kappa shape index (κ3) is 4.04. The van der Waals surface area contributed by atoms with E-state index in [4.69, 9.17) is 0 Å². The van der Waals surface area contributed by atoms with Crippen molar-refractivity contribution in [2.45, 2.75) is 42.9 Å². The first kappa shape index (κ1) is 18.9. The molecule has 0 spiro atoms. The third-order valence-corrected chi connectivity index (χ3v) is 6.33. The van der Waals surface area contributed by atoms with Crippen LogP contribution < -0.4 is 0 Å². The van der Waals surface area contributed by atoms with Gasteiger partial charge in [-0.2, -0.15) is 0 Å². The van der Waals surface area contributed by atoms with Crippen LogP contribution >= 0.6 is 11.8 Å². The largest absolute Gasteiger partial charge is 0.342 e. The van der Waals surface area contributed by atoms with Gasteiger partial charge in [-0.05, 0) is 19.8 Å². The van der Waals surface area contributed by atoms with E-state index >= 15 is 0 Å². The molecule has 0 unspecified atom stereocenters. The molecule has 4 rings (SSSR count). The second-order valence-electron chi connectivity index (χ2n) is 7.26. The lowest BCUT2D eigenvalue weighted by Gasteiger charge is -2.23. The molecule has 1 atom stereocenters. The normalized spacial score (nSPS) is 16.0. The summed E-state index contributed by atoms with van der Waals surface area (Å²) in [5, 5.41) is 11.8. The number of hydrogen-bond donors (Lipinski definition) is 0. The molecule has 2 heterocycles. The van der Waals surface area contributed by atoms with Gasteiger partial charge >= 0.3 is 0 Å². The van der Waals surface area contributed by atoms with E-state index in [2.05, 4.69) is 34.5 Å². The summed E-state index contributed by atoms with van der Waals surface area (Å²) in [5.41, 5.74) is 1.93.